The van der Waals surface area contributed by atoms with Crippen LogP contribution in [0, 0.1) is 6.92 Å². The Hall–Kier alpha value is -1.26. The first-order chi connectivity index (χ1) is 5.47. The van der Waals surface area contributed by atoms with Gasteiger partial charge in [0.2, 0.25) is 0 Å². The van der Waals surface area contributed by atoms with Crippen molar-refractivity contribution >= 4 is 0 Å². The van der Waals surface area contributed by atoms with Crippen LogP contribution in [0.4, 0.5) is 13.2 Å². The fourth-order valence-corrected chi connectivity index (χ4v) is 0.605. The van der Waals surface area contributed by atoms with E-state index in [-0.39, 0.29) is 5.75 Å². The highest BCUT2D eigenvalue weighted by molar-refractivity contribution is 5.20. The molecule has 2 nitrogen and oxygen atoms in total. The third kappa shape index (κ3) is 2.77. The van der Waals surface area contributed by atoms with Gasteiger partial charge >= 0.3 is 6.36 Å². The maximum atomic E-state index is 11.6. The largest absolute Gasteiger partial charge is 0.573 e. The Balaban J connectivity index is 2.71. The zero-order valence-corrected chi connectivity index (χ0v) is 5.93. The zero-order valence-electron chi connectivity index (χ0n) is 5.93. The van der Waals surface area contributed by atoms with Gasteiger partial charge in [0.15, 0.2) is 0 Å². The Bertz CT molecular complexity index is 254. The van der Waals surface area contributed by atoms with Crippen LogP contribution >= 0.6 is 0 Å². The number of alkyl halides is 3. The van der Waals surface area contributed by atoms with Crippen molar-refractivity contribution in [3.8, 4) is 5.75 Å². The van der Waals surface area contributed by atoms with Gasteiger partial charge in [-0.2, -0.15) is 0 Å². The van der Waals surface area contributed by atoms with Crippen molar-refractivity contribution in [2.75, 3.05) is 0 Å². The Morgan fingerprint density at radius 3 is 2.42 bits per heavy atom. The van der Waals surface area contributed by atoms with Crippen molar-refractivity contribution in [1.29, 1.82) is 0 Å². The molecule has 1 aromatic heterocycles. The number of hydrogen-bond donors (Lipinski definition) is 0. The van der Waals surface area contributed by atoms with Crippen LogP contribution < -0.4 is 4.74 Å². The van der Waals surface area contributed by atoms with E-state index >= 15 is 0 Å². The smallest absolute Gasteiger partial charge is 0.404 e. The van der Waals surface area contributed by atoms with Gasteiger partial charge in [-0.15, -0.1) is 13.2 Å². The molecule has 1 radical (unpaired) electrons. The summed E-state index contributed by atoms with van der Waals surface area (Å²) >= 11 is 0. The highest BCUT2D eigenvalue weighted by atomic mass is 19.4. The van der Waals surface area contributed by atoms with Gasteiger partial charge in [0.05, 0.1) is 6.20 Å². The number of nitrogens with zero attached hydrogens (tertiary/aromatic N) is 1. The summed E-state index contributed by atoms with van der Waals surface area (Å²) in [6, 6.07) is 2.49. The number of halogens is 3. The summed E-state index contributed by atoms with van der Waals surface area (Å²) in [7, 11) is 0. The van der Waals surface area contributed by atoms with Gasteiger partial charge < -0.3 is 4.74 Å². The first kappa shape index (κ1) is 8.83. The Morgan fingerprint density at radius 2 is 2.00 bits per heavy atom. The molecule has 0 bridgehead atoms. The molecule has 1 aromatic rings. The van der Waals surface area contributed by atoms with E-state index in [0.717, 1.165) is 12.3 Å². The van der Waals surface area contributed by atoms with Crippen LogP contribution in [-0.2, 0) is 0 Å². The molecule has 0 saturated carbocycles. The third-order valence-corrected chi connectivity index (χ3v) is 1.03. The van der Waals surface area contributed by atoms with Gasteiger partial charge in [-0.3, -0.25) is 4.98 Å². The summed E-state index contributed by atoms with van der Waals surface area (Å²) in [4.78, 5) is 3.53. The molecule has 0 unspecified atom stereocenters. The van der Waals surface area contributed by atoms with Crippen LogP contribution in [0.1, 0.15) is 5.69 Å². The minimum atomic E-state index is -4.66. The molecule has 0 aliphatic carbocycles. The fraction of sp³-hybridized carbons (Fsp3) is 0.143. The second-order valence-electron chi connectivity index (χ2n) is 2.03. The lowest BCUT2D eigenvalue weighted by atomic mass is 10.4. The minimum Gasteiger partial charge on any atom is -0.404 e. The normalized spacial score (nSPS) is 11.3. The number of pyridine rings is 1. The summed E-state index contributed by atoms with van der Waals surface area (Å²) in [5.41, 5.74) is 0.393. The Kier molecular flexibility index (Phi) is 2.21. The van der Waals surface area contributed by atoms with E-state index < -0.39 is 6.36 Å². The van der Waals surface area contributed by atoms with Crippen LogP contribution in [-0.4, -0.2) is 11.3 Å². The van der Waals surface area contributed by atoms with E-state index in [1.807, 2.05) is 0 Å². The Labute approximate surface area is 67.0 Å². The van der Waals surface area contributed by atoms with Crippen molar-refractivity contribution in [2.45, 2.75) is 6.36 Å². The molecule has 65 valence electrons. The molecule has 0 fully saturated rings. The van der Waals surface area contributed by atoms with Crippen molar-refractivity contribution in [2.24, 2.45) is 0 Å². The first-order valence-electron chi connectivity index (χ1n) is 3.01. The van der Waals surface area contributed by atoms with Crippen molar-refractivity contribution in [3.05, 3.63) is 30.9 Å². The Morgan fingerprint density at radius 1 is 1.33 bits per heavy atom. The SMILES string of the molecule is [CH2]c1ccc(OC(F)(F)F)cn1. The molecule has 0 aliphatic heterocycles. The molecule has 0 atom stereocenters. The second kappa shape index (κ2) is 3.00. The van der Waals surface area contributed by atoms with Crippen molar-refractivity contribution < 1.29 is 17.9 Å². The predicted octanol–water partition coefficient (Wildman–Crippen LogP) is 2.16. The maximum Gasteiger partial charge on any atom is 0.573 e. The van der Waals surface area contributed by atoms with Crippen LogP contribution in [0.15, 0.2) is 18.3 Å². The van der Waals surface area contributed by atoms with Crippen LogP contribution in [0.2, 0.25) is 0 Å². The van der Waals surface area contributed by atoms with E-state index in [2.05, 4.69) is 16.6 Å². The number of rotatable bonds is 1. The lowest BCUT2D eigenvalue weighted by Gasteiger charge is -2.07. The average Bonchev–Trinajstić information content (AvgIpc) is 1.91. The number of aromatic nitrogens is 1. The summed E-state index contributed by atoms with van der Waals surface area (Å²) in [5, 5.41) is 0. The quantitative estimate of drug-likeness (QED) is 0.654. The predicted molar refractivity (Wildman–Crippen MR) is 35.4 cm³/mol. The van der Waals surface area contributed by atoms with E-state index in [1.54, 1.807) is 0 Å². The van der Waals surface area contributed by atoms with Gasteiger partial charge in [0.25, 0.3) is 0 Å². The van der Waals surface area contributed by atoms with Crippen molar-refractivity contribution in [1.82, 2.24) is 4.98 Å². The average molecular weight is 176 g/mol. The van der Waals surface area contributed by atoms with Gasteiger partial charge in [0, 0.05) is 5.69 Å². The monoisotopic (exact) mass is 176 g/mol. The van der Waals surface area contributed by atoms with Crippen LogP contribution in [0.3, 0.4) is 0 Å². The highest BCUT2D eigenvalue weighted by Crippen LogP contribution is 2.21. The van der Waals surface area contributed by atoms with E-state index in [1.165, 1.54) is 6.07 Å². The molecular weight excluding hydrogens is 171 g/mol. The van der Waals surface area contributed by atoms with Gasteiger partial charge in [0.1, 0.15) is 5.75 Å². The minimum absolute atomic E-state index is 0.338. The molecule has 5 heteroatoms. The lowest BCUT2D eigenvalue weighted by molar-refractivity contribution is -0.274. The number of ether oxygens (including phenoxy) is 1. The molecule has 0 saturated heterocycles. The maximum absolute atomic E-state index is 11.6. The fourth-order valence-electron chi connectivity index (χ4n) is 0.605. The molecule has 0 aliphatic rings. The number of hydrogen-bond acceptors (Lipinski definition) is 2. The van der Waals surface area contributed by atoms with E-state index in [0.29, 0.717) is 5.69 Å². The summed E-state index contributed by atoms with van der Waals surface area (Å²) < 4.78 is 38.3. The summed E-state index contributed by atoms with van der Waals surface area (Å²) in [5.74, 6) is -0.338. The van der Waals surface area contributed by atoms with Gasteiger partial charge in [-0.25, -0.2) is 0 Å². The molecule has 1 heterocycles. The molecule has 12 heavy (non-hydrogen) atoms. The second-order valence-corrected chi connectivity index (χ2v) is 2.03. The molecular formula is C7H5F3NO. The molecule has 1 rings (SSSR count). The summed E-state index contributed by atoms with van der Waals surface area (Å²) in [6.07, 6.45) is -3.69. The highest BCUT2D eigenvalue weighted by Gasteiger charge is 2.31. The molecule has 0 amide bonds. The third-order valence-electron chi connectivity index (χ3n) is 1.03. The molecule has 0 aromatic carbocycles. The molecule has 0 N–H and O–H groups in total. The summed E-state index contributed by atoms with van der Waals surface area (Å²) in [6.45, 7) is 3.41. The van der Waals surface area contributed by atoms with Crippen LogP contribution in [0.25, 0.3) is 0 Å². The zero-order chi connectivity index (χ0) is 9.19. The first-order valence-corrected chi connectivity index (χ1v) is 3.01. The van der Waals surface area contributed by atoms with E-state index in [9.17, 15) is 13.2 Å². The molecule has 0 spiro atoms. The van der Waals surface area contributed by atoms with Crippen molar-refractivity contribution in [3.63, 3.8) is 0 Å². The van der Waals surface area contributed by atoms with Gasteiger partial charge in [-0.05, 0) is 19.1 Å². The topological polar surface area (TPSA) is 22.1 Å². The lowest BCUT2D eigenvalue weighted by Crippen LogP contribution is -2.17. The van der Waals surface area contributed by atoms with E-state index in [4.69, 9.17) is 0 Å². The van der Waals surface area contributed by atoms with Gasteiger partial charge in [-0.1, -0.05) is 0 Å². The standard InChI is InChI=1S/C7H5F3NO/c1-5-2-3-6(4-11-5)12-7(8,9)10/h2-4H,1H2. The van der Waals surface area contributed by atoms with Crippen LogP contribution in [0.5, 0.6) is 5.75 Å².